The molecule has 0 fully saturated rings. The van der Waals surface area contributed by atoms with E-state index in [1.165, 1.54) is 36.4 Å². The molecule has 0 saturated heterocycles. The quantitative estimate of drug-likeness (QED) is 0.0698. The molecule has 0 atom stereocenters. The van der Waals surface area contributed by atoms with Crippen LogP contribution in [0.2, 0.25) is 0 Å². The lowest BCUT2D eigenvalue weighted by Gasteiger charge is -2.31. The number of hydrogen-bond acceptors (Lipinski definition) is 0. The fraction of sp³-hybridized carbons (Fsp3) is 0.200. The lowest BCUT2D eigenvalue weighted by atomic mass is 9.86. The Morgan fingerprint density at radius 3 is 1.31 bits per heavy atom. The van der Waals surface area contributed by atoms with Crippen LogP contribution in [0.1, 0.15) is 49.3 Å². The maximum atomic E-state index is 14.5. The molecule has 284 valence electrons. The van der Waals surface area contributed by atoms with E-state index in [1.807, 2.05) is 60.7 Å². The average molecular weight is 780 g/mol. The highest BCUT2D eigenvalue weighted by atomic mass is 31.2. The Balaban J connectivity index is 1.85. The summed E-state index contributed by atoms with van der Waals surface area (Å²) in [6.45, 7) is 2.08. The molecule has 0 aliphatic heterocycles. The molecule has 0 saturated carbocycles. The van der Waals surface area contributed by atoms with E-state index >= 15 is 0 Å². The molecule has 6 rings (SSSR count). The summed E-state index contributed by atoms with van der Waals surface area (Å²) in [5.41, 5.74) is -2.34. The summed E-state index contributed by atoms with van der Waals surface area (Å²) in [7, 11) is -2.88. The molecule has 0 N–H and O–H groups in total. The summed E-state index contributed by atoms with van der Waals surface area (Å²) in [6.07, 6.45) is -10.2. The zero-order valence-electron chi connectivity index (χ0n) is 29.7. The Labute approximate surface area is 315 Å². The van der Waals surface area contributed by atoms with Crippen molar-refractivity contribution in [2.45, 2.75) is 51.1 Å². The van der Waals surface area contributed by atoms with Crippen LogP contribution in [-0.4, -0.2) is 6.16 Å². The first kappa shape index (κ1) is 39.8. The maximum absolute atomic E-state index is 14.5. The standard InChI is InChI=1S/C45H37F9P/c1-2-3-4-11-27-55(37-21-7-5-8-22-37,38-23-9-6-10-24-38)40-26-25-39(31-15-12-18-34(28-31)43(46,47)48)41(32-16-13-19-35(29-32)44(49,50)51)42(40)33-17-14-20-36(30-33)45(52,53)54/h5-10,12-26,28-30H,2-4,11,27H2,1H3/q+1. The van der Waals surface area contributed by atoms with Crippen molar-refractivity contribution in [1.29, 1.82) is 0 Å². The van der Waals surface area contributed by atoms with Gasteiger partial charge in [0.1, 0.15) is 23.2 Å². The van der Waals surface area contributed by atoms with Crippen LogP contribution in [0, 0.1) is 0 Å². The van der Waals surface area contributed by atoms with Crippen molar-refractivity contribution < 1.29 is 39.5 Å². The lowest BCUT2D eigenvalue weighted by molar-refractivity contribution is -0.138. The second-order valence-electron chi connectivity index (χ2n) is 13.4. The Morgan fingerprint density at radius 2 is 0.855 bits per heavy atom. The van der Waals surface area contributed by atoms with Gasteiger partial charge in [0.2, 0.25) is 0 Å². The third-order valence-corrected chi connectivity index (χ3v) is 14.3. The van der Waals surface area contributed by atoms with E-state index in [0.717, 1.165) is 72.7 Å². The minimum absolute atomic E-state index is 0.00158. The van der Waals surface area contributed by atoms with Gasteiger partial charge in [0.15, 0.2) is 0 Å². The second kappa shape index (κ2) is 16.1. The van der Waals surface area contributed by atoms with Gasteiger partial charge >= 0.3 is 18.5 Å². The van der Waals surface area contributed by atoms with Gasteiger partial charge in [-0.2, -0.15) is 39.5 Å². The van der Waals surface area contributed by atoms with Gasteiger partial charge < -0.3 is 0 Å². The second-order valence-corrected chi connectivity index (χ2v) is 17.0. The first-order valence-electron chi connectivity index (χ1n) is 17.8. The zero-order chi connectivity index (χ0) is 39.4. The number of unbranched alkanes of at least 4 members (excludes halogenated alkanes) is 3. The minimum Gasteiger partial charge on any atom is -0.166 e. The molecule has 0 heterocycles. The molecule has 0 spiro atoms. The molecule has 0 radical (unpaired) electrons. The van der Waals surface area contributed by atoms with E-state index in [4.69, 9.17) is 0 Å². The molecule has 0 amide bonds. The topological polar surface area (TPSA) is 0 Å². The summed E-state index contributed by atoms with van der Waals surface area (Å²) < 4.78 is 129. The van der Waals surface area contributed by atoms with Crippen molar-refractivity contribution in [3.05, 3.63) is 162 Å². The Bertz CT molecular complexity index is 2180. The smallest absolute Gasteiger partial charge is 0.166 e. The molecular weight excluding hydrogens is 742 g/mol. The third-order valence-electron chi connectivity index (χ3n) is 9.79. The maximum Gasteiger partial charge on any atom is 0.416 e. The van der Waals surface area contributed by atoms with Gasteiger partial charge in [0.25, 0.3) is 0 Å². The molecule has 55 heavy (non-hydrogen) atoms. The summed E-state index contributed by atoms with van der Waals surface area (Å²) in [5.74, 6) is 0. The highest BCUT2D eigenvalue weighted by Gasteiger charge is 2.48. The Hall–Kier alpha value is -4.88. The number of hydrogen-bond donors (Lipinski definition) is 0. The number of alkyl halides is 9. The summed E-state index contributed by atoms with van der Waals surface area (Å²) in [6, 6.07) is 36.1. The molecular formula is C45H37F9P+. The first-order chi connectivity index (χ1) is 26.1. The van der Waals surface area contributed by atoms with Gasteiger partial charge in [-0.05, 0) is 108 Å². The van der Waals surface area contributed by atoms with Crippen molar-refractivity contribution in [2.75, 3.05) is 6.16 Å². The molecule has 0 bridgehead atoms. The Morgan fingerprint density at radius 1 is 0.418 bits per heavy atom. The third kappa shape index (κ3) is 8.52. The van der Waals surface area contributed by atoms with Crippen molar-refractivity contribution in [3.8, 4) is 33.4 Å². The van der Waals surface area contributed by atoms with E-state index in [0.29, 0.717) is 11.5 Å². The molecule has 0 unspecified atom stereocenters. The molecule has 0 nitrogen and oxygen atoms in total. The minimum atomic E-state index is -4.79. The van der Waals surface area contributed by atoms with Crippen molar-refractivity contribution in [1.82, 2.24) is 0 Å². The molecule has 0 aromatic heterocycles. The van der Waals surface area contributed by atoms with Crippen LogP contribution in [-0.2, 0) is 18.5 Å². The molecule has 6 aromatic rings. The number of benzene rings is 6. The zero-order valence-corrected chi connectivity index (χ0v) is 30.6. The molecule has 0 aliphatic rings. The van der Waals surface area contributed by atoms with Crippen molar-refractivity contribution in [3.63, 3.8) is 0 Å². The molecule has 6 aromatic carbocycles. The largest absolute Gasteiger partial charge is 0.416 e. The van der Waals surface area contributed by atoms with E-state index in [1.54, 1.807) is 12.1 Å². The average Bonchev–Trinajstić information content (AvgIpc) is 3.17. The van der Waals surface area contributed by atoms with E-state index < -0.39 is 42.5 Å². The highest BCUT2D eigenvalue weighted by molar-refractivity contribution is 7.96. The Kier molecular flexibility index (Phi) is 11.6. The fourth-order valence-corrected chi connectivity index (χ4v) is 11.9. The highest BCUT2D eigenvalue weighted by Crippen LogP contribution is 2.60. The molecule has 0 aliphatic carbocycles. The van der Waals surface area contributed by atoms with Gasteiger partial charge in [-0.1, -0.05) is 92.6 Å². The van der Waals surface area contributed by atoms with Gasteiger partial charge in [-0.25, -0.2) is 0 Å². The van der Waals surface area contributed by atoms with Crippen LogP contribution < -0.4 is 15.9 Å². The van der Waals surface area contributed by atoms with Crippen molar-refractivity contribution in [2.24, 2.45) is 0 Å². The van der Waals surface area contributed by atoms with Gasteiger partial charge in [0.05, 0.1) is 22.9 Å². The van der Waals surface area contributed by atoms with E-state index in [9.17, 15) is 39.5 Å². The van der Waals surface area contributed by atoms with Crippen LogP contribution in [0.15, 0.2) is 146 Å². The van der Waals surface area contributed by atoms with E-state index in [-0.39, 0.29) is 33.4 Å². The van der Waals surface area contributed by atoms with Crippen molar-refractivity contribution >= 4 is 23.2 Å². The van der Waals surface area contributed by atoms with Crippen LogP contribution in [0.5, 0.6) is 0 Å². The lowest BCUT2D eigenvalue weighted by Crippen LogP contribution is -2.35. The van der Waals surface area contributed by atoms with Crippen LogP contribution >= 0.6 is 7.26 Å². The van der Waals surface area contributed by atoms with Gasteiger partial charge in [0, 0.05) is 11.1 Å². The normalized spacial score (nSPS) is 12.5. The monoisotopic (exact) mass is 779 g/mol. The first-order valence-corrected chi connectivity index (χ1v) is 19.8. The summed E-state index contributed by atoms with van der Waals surface area (Å²) >= 11 is 0. The predicted molar refractivity (Wildman–Crippen MR) is 205 cm³/mol. The van der Waals surface area contributed by atoms with Crippen LogP contribution in [0.3, 0.4) is 0 Å². The predicted octanol–water partition coefficient (Wildman–Crippen LogP) is 13.6. The van der Waals surface area contributed by atoms with Gasteiger partial charge in [-0.15, -0.1) is 0 Å². The summed E-state index contributed by atoms with van der Waals surface area (Å²) in [4.78, 5) is 0. The number of rotatable bonds is 11. The van der Waals surface area contributed by atoms with Crippen LogP contribution in [0.4, 0.5) is 39.5 Å². The van der Waals surface area contributed by atoms with Gasteiger partial charge in [-0.3, -0.25) is 0 Å². The SMILES string of the molecule is CCCCCC[P+](c1ccccc1)(c1ccccc1)c1ccc(-c2cccc(C(F)(F)F)c2)c(-c2cccc(C(F)(F)F)c2)c1-c1cccc(C(F)(F)F)c1. The fourth-order valence-electron chi connectivity index (χ4n) is 7.25. The molecule has 10 heteroatoms. The summed E-state index contributed by atoms with van der Waals surface area (Å²) in [5, 5.41) is 2.43. The number of halogens is 9. The van der Waals surface area contributed by atoms with E-state index in [2.05, 4.69) is 6.92 Å². The van der Waals surface area contributed by atoms with Crippen LogP contribution in [0.25, 0.3) is 33.4 Å².